The van der Waals surface area contributed by atoms with Gasteiger partial charge in [0, 0.05) is 10.9 Å². The fraction of sp³-hybridized carbons (Fsp3) is 0.143. The number of nitrogens with zero attached hydrogens (tertiary/aromatic N) is 4. The lowest BCUT2D eigenvalue weighted by molar-refractivity contribution is 0.0528. The first kappa shape index (κ1) is 14.3. The number of hydrogen-bond acceptors (Lipinski definition) is 6. The summed E-state index contributed by atoms with van der Waals surface area (Å²) in [5, 5.41) is 13.3. The fourth-order valence-electron chi connectivity index (χ4n) is 2.01. The number of ether oxygens (including phenoxy) is 1. The molecule has 22 heavy (non-hydrogen) atoms. The minimum absolute atomic E-state index is 0.257. The van der Waals surface area contributed by atoms with E-state index >= 15 is 0 Å². The summed E-state index contributed by atoms with van der Waals surface area (Å²) in [5.74, 6) is -0.800. The first-order valence-electron chi connectivity index (χ1n) is 6.48. The SMILES string of the molecule is CCOC(=O)c1c(-c2ccc(F)cc2)csc1-n1cnnn1. The van der Waals surface area contributed by atoms with Crippen LogP contribution in [0.25, 0.3) is 16.1 Å². The van der Waals surface area contributed by atoms with E-state index in [0.717, 1.165) is 5.56 Å². The standard InChI is InChI=1S/C14H11FN4O2S/c1-2-21-14(20)12-11(9-3-5-10(15)6-4-9)7-22-13(12)19-8-16-17-18-19/h3-8H,2H2,1H3. The number of esters is 1. The van der Waals surface area contributed by atoms with Gasteiger partial charge in [-0.3, -0.25) is 0 Å². The van der Waals surface area contributed by atoms with Gasteiger partial charge in [-0.05, 0) is 35.0 Å². The van der Waals surface area contributed by atoms with E-state index in [1.54, 1.807) is 24.4 Å². The van der Waals surface area contributed by atoms with Gasteiger partial charge in [0.15, 0.2) is 0 Å². The lowest BCUT2D eigenvalue weighted by Gasteiger charge is -2.07. The van der Waals surface area contributed by atoms with Crippen LogP contribution in [0.2, 0.25) is 0 Å². The van der Waals surface area contributed by atoms with Crippen molar-refractivity contribution in [3.63, 3.8) is 0 Å². The normalized spacial score (nSPS) is 10.6. The van der Waals surface area contributed by atoms with Gasteiger partial charge >= 0.3 is 5.97 Å². The largest absolute Gasteiger partial charge is 0.462 e. The average Bonchev–Trinajstić information content (AvgIpc) is 3.17. The summed E-state index contributed by atoms with van der Waals surface area (Å²) < 4.78 is 19.6. The third-order valence-electron chi connectivity index (χ3n) is 2.96. The Kier molecular flexibility index (Phi) is 3.92. The van der Waals surface area contributed by atoms with Crippen molar-refractivity contribution in [3.05, 3.63) is 47.4 Å². The fourth-order valence-corrected chi connectivity index (χ4v) is 3.00. The molecule has 3 rings (SSSR count). The molecule has 2 heterocycles. The molecule has 0 radical (unpaired) electrons. The molecule has 112 valence electrons. The molecule has 8 heteroatoms. The molecule has 0 fully saturated rings. The second kappa shape index (κ2) is 6.02. The van der Waals surface area contributed by atoms with Crippen molar-refractivity contribution in [2.24, 2.45) is 0 Å². The van der Waals surface area contributed by atoms with Gasteiger partial charge in [0.25, 0.3) is 0 Å². The Labute approximate surface area is 129 Å². The van der Waals surface area contributed by atoms with Crippen LogP contribution in [0.4, 0.5) is 4.39 Å². The summed E-state index contributed by atoms with van der Waals surface area (Å²) in [7, 11) is 0. The first-order valence-corrected chi connectivity index (χ1v) is 7.36. The number of aromatic nitrogens is 4. The zero-order valence-corrected chi connectivity index (χ0v) is 12.4. The van der Waals surface area contributed by atoms with Gasteiger partial charge in [-0.25, -0.2) is 9.18 Å². The molecule has 0 aliphatic rings. The van der Waals surface area contributed by atoms with E-state index in [1.807, 2.05) is 0 Å². The summed E-state index contributed by atoms with van der Waals surface area (Å²) in [6.45, 7) is 1.99. The van der Waals surface area contributed by atoms with Crippen molar-refractivity contribution in [1.82, 2.24) is 20.2 Å². The topological polar surface area (TPSA) is 69.9 Å². The third kappa shape index (κ3) is 2.60. The predicted molar refractivity (Wildman–Crippen MR) is 78.4 cm³/mol. The molecule has 0 bridgehead atoms. The maximum atomic E-state index is 13.1. The van der Waals surface area contributed by atoms with Crippen molar-refractivity contribution >= 4 is 17.3 Å². The molecule has 6 nitrogen and oxygen atoms in total. The highest BCUT2D eigenvalue weighted by Gasteiger charge is 2.23. The molecular weight excluding hydrogens is 307 g/mol. The quantitative estimate of drug-likeness (QED) is 0.692. The van der Waals surface area contributed by atoms with Crippen LogP contribution in [0.5, 0.6) is 0 Å². The summed E-state index contributed by atoms with van der Waals surface area (Å²) in [6.07, 6.45) is 1.41. The Morgan fingerprint density at radius 3 is 2.77 bits per heavy atom. The van der Waals surface area contributed by atoms with Gasteiger partial charge in [-0.1, -0.05) is 12.1 Å². The molecule has 0 spiro atoms. The second-order valence-corrected chi connectivity index (χ2v) is 5.17. The van der Waals surface area contributed by atoms with E-state index in [1.165, 1.54) is 34.5 Å². The Bertz CT molecular complexity index is 784. The molecule has 0 saturated heterocycles. The molecule has 1 aromatic carbocycles. The molecule has 0 saturated carbocycles. The van der Waals surface area contributed by atoms with Crippen molar-refractivity contribution < 1.29 is 13.9 Å². The van der Waals surface area contributed by atoms with Crippen LogP contribution in [0.3, 0.4) is 0 Å². The molecule has 0 atom stereocenters. The van der Waals surface area contributed by atoms with Gasteiger partial charge in [0.05, 0.1) is 6.61 Å². The monoisotopic (exact) mass is 318 g/mol. The van der Waals surface area contributed by atoms with Crippen LogP contribution >= 0.6 is 11.3 Å². The number of carbonyl (C=O) groups excluding carboxylic acids is 1. The van der Waals surface area contributed by atoms with Gasteiger partial charge in [-0.2, -0.15) is 4.68 Å². The van der Waals surface area contributed by atoms with Crippen molar-refractivity contribution in [3.8, 4) is 16.1 Å². The minimum Gasteiger partial charge on any atom is -0.462 e. The van der Waals surface area contributed by atoms with Crippen LogP contribution in [0, 0.1) is 5.82 Å². The lowest BCUT2D eigenvalue weighted by Crippen LogP contribution is -2.09. The molecular formula is C14H11FN4O2S. The number of tetrazole rings is 1. The van der Waals surface area contributed by atoms with Crippen LogP contribution in [0.15, 0.2) is 36.0 Å². The average molecular weight is 318 g/mol. The summed E-state index contributed by atoms with van der Waals surface area (Å²) in [5.41, 5.74) is 1.75. The Morgan fingerprint density at radius 1 is 1.36 bits per heavy atom. The van der Waals surface area contributed by atoms with Gasteiger partial charge in [0.1, 0.15) is 22.7 Å². The zero-order chi connectivity index (χ0) is 15.5. The summed E-state index contributed by atoms with van der Waals surface area (Å²) >= 11 is 1.31. The molecule has 0 aliphatic carbocycles. The predicted octanol–water partition coefficient (Wildman–Crippen LogP) is 2.71. The molecule has 0 N–H and O–H groups in total. The van der Waals surface area contributed by atoms with Crippen LogP contribution in [-0.4, -0.2) is 32.8 Å². The number of thiophene rings is 1. The third-order valence-corrected chi connectivity index (χ3v) is 3.93. The van der Waals surface area contributed by atoms with Crippen molar-refractivity contribution in [2.75, 3.05) is 6.61 Å². The number of halogens is 1. The first-order chi connectivity index (χ1) is 10.7. The maximum absolute atomic E-state index is 13.1. The van der Waals surface area contributed by atoms with E-state index in [9.17, 15) is 9.18 Å². The van der Waals surface area contributed by atoms with Gasteiger partial charge in [-0.15, -0.1) is 16.4 Å². The number of benzene rings is 1. The van der Waals surface area contributed by atoms with E-state index in [4.69, 9.17) is 4.74 Å². The number of hydrogen-bond donors (Lipinski definition) is 0. The van der Waals surface area contributed by atoms with E-state index in [2.05, 4.69) is 15.5 Å². The van der Waals surface area contributed by atoms with Crippen molar-refractivity contribution in [1.29, 1.82) is 0 Å². The Morgan fingerprint density at radius 2 is 2.14 bits per heavy atom. The van der Waals surface area contributed by atoms with Crippen LogP contribution < -0.4 is 0 Å². The molecule has 3 aromatic rings. The van der Waals surface area contributed by atoms with Gasteiger partial charge < -0.3 is 4.74 Å². The summed E-state index contributed by atoms with van der Waals surface area (Å²) in [6, 6.07) is 5.92. The van der Waals surface area contributed by atoms with E-state index in [0.29, 0.717) is 16.1 Å². The van der Waals surface area contributed by atoms with E-state index < -0.39 is 5.97 Å². The van der Waals surface area contributed by atoms with Crippen molar-refractivity contribution in [2.45, 2.75) is 6.92 Å². The molecule has 2 aromatic heterocycles. The highest BCUT2D eigenvalue weighted by atomic mass is 32.1. The summed E-state index contributed by atoms with van der Waals surface area (Å²) in [4.78, 5) is 12.3. The smallest absolute Gasteiger partial charge is 0.341 e. The van der Waals surface area contributed by atoms with E-state index in [-0.39, 0.29) is 12.4 Å². The molecule has 0 amide bonds. The lowest BCUT2D eigenvalue weighted by atomic mass is 10.0. The molecule has 0 aliphatic heterocycles. The van der Waals surface area contributed by atoms with Crippen LogP contribution in [-0.2, 0) is 4.74 Å². The molecule has 0 unspecified atom stereocenters. The highest BCUT2D eigenvalue weighted by molar-refractivity contribution is 7.13. The highest BCUT2D eigenvalue weighted by Crippen LogP contribution is 2.34. The van der Waals surface area contributed by atoms with Crippen LogP contribution in [0.1, 0.15) is 17.3 Å². The number of rotatable bonds is 4. The van der Waals surface area contributed by atoms with Gasteiger partial charge in [0.2, 0.25) is 0 Å². The minimum atomic E-state index is -0.464. The second-order valence-electron chi connectivity index (χ2n) is 4.31. The maximum Gasteiger partial charge on any atom is 0.341 e. The number of carbonyl (C=O) groups is 1. The Balaban J connectivity index is 2.14. The Hall–Kier alpha value is -2.61. The zero-order valence-electron chi connectivity index (χ0n) is 11.6.